The SMILES string of the molecule is CN1c2c(Br)cc(OC(=O)c3ccccc3O)cc2C2(C)CCN(CC3CC3)C12. The van der Waals surface area contributed by atoms with Gasteiger partial charge in [0, 0.05) is 30.0 Å². The van der Waals surface area contributed by atoms with Crippen LogP contribution in [-0.2, 0) is 5.41 Å². The van der Waals surface area contributed by atoms with E-state index in [9.17, 15) is 9.90 Å². The number of likely N-dealkylation sites (tertiary alicyclic amines) is 1. The number of esters is 1. The fraction of sp³-hybridized carbons (Fsp3) is 0.435. The first-order chi connectivity index (χ1) is 13.9. The lowest BCUT2D eigenvalue weighted by Gasteiger charge is -2.35. The predicted octanol–water partition coefficient (Wildman–Crippen LogP) is 4.52. The number of anilines is 1. The van der Waals surface area contributed by atoms with Crippen molar-refractivity contribution in [1.82, 2.24) is 4.90 Å². The van der Waals surface area contributed by atoms with Gasteiger partial charge in [0.05, 0.1) is 11.9 Å². The second-order valence-corrected chi connectivity index (χ2v) is 9.65. The highest BCUT2D eigenvalue weighted by molar-refractivity contribution is 9.10. The van der Waals surface area contributed by atoms with Crippen LogP contribution in [0.1, 0.15) is 42.1 Å². The lowest BCUT2D eigenvalue weighted by atomic mass is 9.81. The first-order valence-corrected chi connectivity index (χ1v) is 11.0. The molecule has 0 spiro atoms. The zero-order valence-corrected chi connectivity index (χ0v) is 18.3. The fourth-order valence-corrected chi connectivity index (χ4v) is 5.88. The Morgan fingerprint density at radius 3 is 2.79 bits per heavy atom. The molecule has 2 aromatic rings. The Morgan fingerprint density at radius 2 is 2.07 bits per heavy atom. The summed E-state index contributed by atoms with van der Waals surface area (Å²) >= 11 is 3.71. The van der Waals surface area contributed by atoms with E-state index >= 15 is 0 Å². The summed E-state index contributed by atoms with van der Waals surface area (Å²) in [7, 11) is 2.17. The van der Waals surface area contributed by atoms with Crippen LogP contribution in [-0.4, -0.2) is 42.3 Å². The molecule has 6 heteroatoms. The van der Waals surface area contributed by atoms with Crippen LogP contribution in [0.2, 0.25) is 0 Å². The summed E-state index contributed by atoms with van der Waals surface area (Å²) in [5, 5.41) is 9.95. The molecule has 29 heavy (non-hydrogen) atoms. The Labute approximate surface area is 179 Å². The van der Waals surface area contributed by atoms with Crippen molar-refractivity contribution >= 4 is 27.6 Å². The molecule has 1 N–H and O–H groups in total. The number of fused-ring (bicyclic) bond motifs is 3. The molecule has 3 aliphatic rings. The lowest BCUT2D eigenvalue weighted by molar-refractivity contribution is 0.0731. The van der Waals surface area contributed by atoms with Crippen LogP contribution in [0.25, 0.3) is 0 Å². The highest BCUT2D eigenvalue weighted by atomic mass is 79.9. The second kappa shape index (κ2) is 6.74. The molecule has 0 bridgehead atoms. The maximum Gasteiger partial charge on any atom is 0.347 e. The highest BCUT2D eigenvalue weighted by Crippen LogP contribution is 2.55. The normalized spacial score (nSPS) is 25.8. The molecule has 152 valence electrons. The van der Waals surface area contributed by atoms with Crippen LogP contribution in [0.15, 0.2) is 40.9 Å². The van der Waals surface area contributed by atoms with Crippen LogP contribution < -0.4 is 9.64 Å². The number of aromatic hydroxyl groups is 1. The van der Waals surface area contributed by atoms with Gasteiger partial charge in [-0.15, -0.1) is 0 Å². The number of phenols is 1. The third-order valence-electron chi connectivity index (χ3n) is 6.73. The van der Waals surface area contributed by atoms with E-state index in [1.54, 1.807) is 18.2 Å². The van der Waals surface area contributed by atoms with E-state index in [-0.39, 0.29) is 16.7 Å². The Hall–Kier alpha value is -2.05. The van der Waals surface area contributed by atoms with Crippen molar-refractivity contribution in [3.05, 3.63) is 52.0 Å². The number of carbonyl (C=O) groups is 1. The monoisotopic (exact) mass is 456 g/mol. The molecule has 2 heterocycles. The van der Waals surface area contributed by atoms with Crippen molar-refractivity contribution in [2.75, 3.05) is 25.0 Å². The minimum absolute atomic E-state index is 0.00119. The number of ether oxygens (including phenoxy) is 1. The van der Waals surface area contributed by atoms with Crippen LogP contribution in [0.5, 0.6) is 11.5 Å². The van der Waals surface area contributed by atoms with Gasteiger partial charge in [0.15, 0.2) is 0 Å². The summed E-state index contributed by atoms with van der Waals surface area (Å²) in [4.78, 5) is 17.6. The molecule has 2 aromatic carbocycles. The molecule has 0 radical (unpaired) electrons. The maximum atomic E-state index is 12.6. The highest BCUT2D eigenvalue weighted by Gasteiger charge is 2.54. The molecule has 5 nitrogen and oxygen atoms in total. The molecule has 0 aromatic heterocycles. The van der Waals surface area contributed by atoms with Gasteiger partial charge in [-0.2, -0.15) is 0 Å². The van der Waals surface area contributed by atoms with Crippen LogP contribution >= 0.6 is 15.9 Å². The van der Waals surface area contributed by atoms with Gasteiger partial charge in [-0.25, -0.2) is 4.79 Å². The maximum absolute atomic E-state index is 12.6. The van der Waals surface area contributed by atoms with E-state index in [4.69, 9.17) is 4.74 Å². The largest absolute Gasteiger partial charge is 0.507 e. The lowest BCUT2D eigenvalue weighted by Crippen LogP contribution is -2.47. The third-order valence-corrected chi connectivity index (χ3v) is 7.33. The Kier molecular flexibility index (Phi) is 4.40. The molecule has 2 fully saturated rings. The number of halogens is 1. The van der Waals surface area contributed by atoms with E-state index in [0.717, 1.165) is 23.4 Å². The first kappa shape index (κ1) is 18.9. The number of hydrogen-bond donors (Lipinski definition) is 1. The number of likely N-dealkylation sites (N-methyl/N-ethyl adjacent to an activating group) is 1. The van der Waals surface area contributed by atoms with Gasteiger partial charge in [-0.1, -0.05) is 19.1 Å². The summed E-state index contributed by atoms with van der Waals surface area (Å²) in [6.07, 6.45) is 4.13. The number of para-hydroxylation sites is 1. The first-order valence-electron chi connectivity index (χ1n) is 10.2. The Balaban J connectivity index is 1.47. The Bertz CT molecular complexity index is 990. The second-order valence-electron chi connectivity index (χ2n) is 8.80. The molecule has 1 aliphatic carbocycles. The summed E-state index contributed by atoms with van der Waals surface area (Å²) < 4.78 is 6.59. The van der Waals surface area contributed by atoms with Crippen LogP contribution in [0.4, 0.5) is 5.69 Å². The summed E-state index contributed by atoms with van der Waals surface area (Å²) in [5.41, 5.74) is 2.57. The molecule has 2 atom stereocenters. The van der Waals surface area contributed by atoms with Gasteiger partial charge in [-0.3, -0.25) is 4.90 Å². The van der Waals surface area contributed by atoms with Crippen molar-refractivity contribution < 1.29 is 14.6 Å². The average molecular weight is 457 g/mol. The van der Waals surface area contributed by atoms with Crippen molar-refractivity contribution in [1.29, 1.82) is 0 Å². The minimum atomic E-state index is -0.551. The molecule has 1 saturated carbocycles. The number of rotatable bonds is 4. The van der Waals surface area contributed by atoms with E-state index in [1.165, 1.54) is 36.7 Å². The molecule has 2 unspecified atom stereocenters. The number of hydrogen-bond acceptors (Lipinski definition) is 5. The van der Waals surface area contributed by atoms with Crippen LogP contribution in [0, 0.1) is 5.92 Å². The van der Waals surface area contributed by atoms with E-state index in [1.807, 2.05) is 12.1 Å². The zero-order chi connectivity index (χ0) is 20.3. The summed E-state index contributed by atoms with van der Waals surface area (Å²) in [6, 6.07) is 10.3. The fourth-order valence-electron chi connectivity index (χ4n) is 5.16. The van der Waals surface area contributed by atoms with E-state index in [2.05, 4.69) is 39.7 Å². The third kappa shape index (κ3) is 3.04. The molecule has 5 rings (SSSR count). The number of phenolic OH excluding ortho intramolecular Hbond substituents is 1. The van der Waals surface area contributed by atoms with Crippen molar-refractivity contribution in [3.63, 3.8) is 0 Å². The van der Waals surface area contributed by atoms with E-state index < -0.39 is 5.97 Å². The number of carbonyl (C=O) groups excluding carboxylic acids is 1. The number of benzene rings is 2. The van der Waals surface area contributed by atoms with Gasteiger partial charge in [0.25, 0.3) is 0 Å². The average Bonchev–Trinajstić information content (AvgIpc) is 3.38. The smallest absolute Gasteiger partial charge is 0.347 e. The van der Waals surface area contributed by atoms with Gasteiger partial charge in [0.1, 0.15) is 17.1 Å². The Morgan fingerprint density at radius 1 is 1.31 bits per heavy atom. The standard InChI is InChI=1S/C23H25BrN2O3/c1-23-9-10-26(13-14-7-8-14)22(23)25(2)20-17(23)11-15(12-18(20)24)29-21(28)16-5-3-4-6-19(16)27/h3-6,11-12,14,22,27H,7-10,13H2,1-2H3. The molecule has 0 amide bonds. The molecule has 2 aliphatic heterocycles. The van der Waals surface area contributed by atoms with Crippen molar-refractivity contribution in [2.24, 2.45) is 5.92 Å². The van der Waals surface area contributed by atoms with Gasteiger partial charge in [0.2, 0.25) is 0 Å². The minimum Gasteiger partial charge on any atom is -0.507 e. The van der Waals surface area contributed by atoms with Gasteiger partial charge >= 0.3 is 5.97 Å². The van der Waals surface area contributed by atoms with Crippen molar-refractivity contribution in [3.8, 4) is 11.5 Å². The topological polar surface area (TPSA) is 53.0 Å². The molecule has 1 saturated heterocycles. The van der Waals surface area contributed by atoms with Gasteiger partial charge < -0.3 is 14.7 Å². The van der Waals surface area contributed by atoms with Crippen molar-refractivity contribution in [2.45, 2.75) is 37.8 Å². The molecular weight excluding hydrogens is 432 g/mol. The summed E-state index contributed by atoms with van der Waals surface area (Å²) in [5.74, 6) is 0.730. The molecular formula is C23H25BrN2O3. The number of nitrogens with zero attached hydrogens (tertiary/aromatic N) is 2. The van der Waals surface area contributed by atoms with Crippen LogP contribution in [0.3, 0.4) is 0 Å². The quantitative estimate of drug-likeness (QED) is 0.541. The summed E-state index contributed by atoms with van der Waals surface area (Å²) in [6.45, 7) is 4.60. The van der Waals surface area contributed by atoms with Gasteiger partial charge in [-0.05, 0) is 70.9 Å². The predicted molar refractivity (Wildman–Crippen MR) is 116 cm³/mol. The zero-order valence-electron chi connectivity index (χ0n) is 16.7. The van der Waals surface area contributed by atoms with E-state index in [0.29, 0.717) is 11.9 Å².